The Hall–Kier alpha value is -2.11. The van der Waals surface area contributed by atoms with Gasteiger partial charge in [0.25, 0.3) is 0 Å². The molecule has 0 unspecified atom stereocenters. The summed E-state index contributed by atoms with van der Waals surface area (Å²) in [5.41, 5.74) is 4.39. The van der Waals surface area contributed by atoms with Crippen molar-refractivity contribution in [1.29, 1.82) is 0 Å². The van der Waals surface area contributed by atoms with Gasteiger partial charge in [0.1, 0.15) is 6.10 Å². The van der Waals surface area contributed by atoms with Crippen LogP contribution in [-0.2, 0) is 18.3 Å². The van der Waals surface area contributed by atoms with Gasteiger partial charge >= 0.3 is 0 Å². The van der Waals surface area contributed by atoms with Crippen LogP contribution in [0.5, 0.6) is 11.5 Å². The van der Waals surface area contributed by atoms with Crippen LogP contribution in [0.25, 0.3) is 0 Å². The van der Waals surface area contributed by atoms with Crippen molar-refractivity contribution in [2.75, 3.05) is 26.2 Å². The smallest absolute Gasteiger partial charge is 0.165 e. The number of phenolic OH excluding ortho intramolecular Hbond substituents is 1. The monoisotopic (exact) mass is 457 g/mol. The quantitative estimate of drug-likeness (QED) is 0.738. The zero-order valence-corrected chi connectivity index (χ0v) is 20.0. The Kier molecular flexibility index (Phi) is 4.13. The fourth-order valence-electron chi connectivity index (χ4n) is 9.15. The number of ether oxygens (including phenoxy) is 1. The lowest BCUT2D eigenvalue weighted by Gasteiger charge is -2.66. The Morgan fingerprint density at radius 1 is 1.03 bits per heavy atom. The van der Waals surface area contributed by atoms with Crippen molar-refractivity contribution in [3.05, 3.63) is 53.3 Å². The van der Waals surface area contributed by atoms with E-state index in [4.69, 9.17) is 4.74 Å². The highest BCUT2D eigenvalue weighted by Gasteiger charge is 2.74. The summed E-state index contributed by atoms with van der Waals surface area (Å²) in [6, 6.07) is 11.4. The van der Waals surface area contributed by atoms with E-state index in [1.165, 1.54) is 68.4 Å². The molecule has 2 spiro atoms. The van der Waals surface area contributed by atoms with Gasteiger partial charge in [-0.1, -0.05) is 12.1 Å². The Morgan fingerprint density at radius 3 is 2.79 bits per heavy atom. The average molecular weight is 458 g/mol. The molecule has 5 nitrogen and oxygen atoms in total. The van der Waals surface area contributed by atoms with E-state index in [0.29, 0.717) is 17.8 Å². The van der Waals surface area contributed by atoms with Gasteiger partial charge in [-0.15, -0.1) is 0 Å². The minimum absolute atomic E-state index is 0.0715. The zero-order chi connectivity index (χ0) is 22.5. The number of hydrogen-bond donors (Lipinski definition) is 1. The molecule has 3 saturated heterocycles. The molecular formula is C29H35N3O2. The molecule has 0 radical (unpaired) electrons. The number of nitrogens with zero attached hydrogens (tertiary/aromatic N) is 3. The van der Waals surface area contributed by atoms with Crippen molar-refractivity contribution in [3.8, 4) is 11.5 Å². The number of pyridine rings is 1. The molecule has 2 saturated carbocycles. The maximum atomic E-state index is 10.9. The summed E-state index contributed by atoms with van der Waals surface area (Å²) in [5.74, 6) is 2.11. The highest BCUT2D eigenvalue weighted by molar-refractivity contribution is 5.62. The summed E-state index contributed by atoms with van der Waals surface area (Å²) in [4.78, 5) is 10.2. The Bertz CT molecular complexity index is 1130. The molecule has 2 aromatic rings. The van der Waals surface area contributed by atoms with Gasteiger partial charge in [0.2, 0.25) is 0 Å². The second-order valence-electron chi connectivity index (χ2n) is 12.0. The summed E-state index contributed by atoms with van der Waals surface area (Å²) in [5, 5.41) is 10.9. The third-order valence-corrected chi connectivity index (χ3v) is 10.7. The molecule has 5 atom stereocenters. The molecule has 3 aliphatic carbocycles. The highest BCUT2D eigenvalue weighted by atomic mass is 16.5. The lowest BCUT2D eigenvalue weighted by Crippen LogP contribution is -2.72. The van der Waals surface area contributed by atoms with Crippen LogP contribution in [0.2, 0.25) is 0 Å². The van der Waals surface area contributed by atoms with E-state index < -0.39 is 0 Å². The van der Waals surface area contributed by atoms with Crippen LogP contribution in [0.1, 0.15) is 55.3 Å². The predicted octanol–water partition coefficient (Wildman–Crippen LogP) is 3.92. The van der Waals surface area contributed by atoms with E-state index in [9.17, 15) is 5.11 Å². The normalized spacial score (nSPS) is 37.8. The number of aromatic nitrogens is 1. The average Bonchev–Trinajstić information content (AvgIpc) is 3.65. The predicted molar refractivity (Wildman–Crippen MR) is 130 cm³/mol. The van der Waals surface area contributed by atoms with E-state index in [0.717, 1.165) is 37.6 Å². The molecule has 9 rings (SSSR count). The van der Waals surface area contributed by atoms with E-state index in [1.807, 2.05) is 18.3 Å². The maximum Gasteiger partial charge on any atom is 0.165 e. The van der Waals surface area contributed by atoms with Crippen molar-refractivity contribution >= 4 is 0 Å². The first-order valence-corrected chi connectivity index (χ1v) is 13.6. The van der Waals surface area contributed by atoms with Crippen LogP contribution in [0.15, 0.2) is 36.5 Å². The molecule has 1 aromatic carbocycles. The van der Waals surface area contributed by atoms with E-state index in [2.05, 4.69) is 33.0 Å². The highest BCUT2D eigenvalue weighted by Crippen LogP contribution is 2.71. The van der Waals surface area contributed by atoms with Crippen LogP contribution >= 0.6 is 0 Å². The molecule has 0 amide bonds. The van der Waals surface area contributed by atoms with Crippen LogP contribution in [0.3, 0.4) is 0 Å². The Balaban J connectivity index is 1.23. The minimum Gasteiger partial charge on any atom is -0.504 e. The molecule has 1 aromatic heterocycles. The Morgan fingerprint density at radius 2 is 1.94 bits per heavy atom. The first kappa shape index (κ1) is 20.1. The molecule has 5 fully saturated rings. The van der Waals surface area contributed by atoms with Crippen LogP contribution in [0, 0.1) is 11.3 Å². The fourth-order valence-corrected chi connectivity index (χ4v) is 9.15. The number of rotatable bonds is 5. The Labute approximate surface area is 202 Å². The molecule has 7 aliphatic rings. The van der Waals surface area contributed by atoms with E-state index >= 15 is 0 Å². The lowest BCUT2D eigenvalue weighted by atomic mass is 9.42. The van der Waals surface area contributed by atoms with Crippen molar-refractivity contribution < 1.29 is 9.84 Å². The summed E-state index contributed by atoms with van der Waals surface area (Å²) in [6.07, 6.45) is 12.0. The molecule has 4 bridgehead atoms. The second kappa shape index (κ2) is 6.98. The number of phenols is 1. The van der Waals surface area contributed by atoms with Crippen molar-refractivity contribution in [3.63, 3.8) is 0 Å². The van der Waals surface area contributed by atoms with E-state index in [1.54, 1.807) is 0 Å². The van der Waals surface area contributed by atoms with Crippen molar-refractivity contribution in [2.45, 2.75) is 75.0 Å². The van der Waals surface area contributed by atoms with Crippen LogP contribution in [0.4, 0.5) is 0 Å². The number of piperidine rings is 1. The summed E-state index contributed by atoms with van der Waals surface area (Å²) < 4.78 is 6.90. The third kappa shape index (κ3) is 2.50. The van der Waals surface area contributed by atoms with Crippen molar-refractivity contribution in [1.82, 2.24) is 14.8 Å². The zero-order valence-electron chi connectivity index (χ0n) is 20.0. The maximum absolute atomic E-state index is 10.9. The molecule has 1 N–H and O–H groups in total. The lowest BCUT2D eigenvalue weighted by molar-refractivity contribution is -0.130. The molecule has 34 heavy (non-hydrogen) atoms. The molecule has 178 valence electrons. The summed E-state index contributed by atoms with van der Waals surface area (Å²) in [7, 11) is 0. The first-order valence-electron chi connectivity index (χ1n) is 13.6. The van der Waals surface area contributed by atoms with Gasteiger partial charge < -0.3 is 9.84 Å². The van der Waals surface area contributed by atoms with Gasteiger partial charge in [0, 0.05) is 59.9 Å². The van der Waals surface area contributed by atoms with Gasteiger partial charge in [0.15, 0.2) is 11.5 Å². The molecular weight excluding hydrogens is 422 g/mol. The van der Waals surface area contributed by atoms with Gasteiger partial charge in [-0.05, 0) is 87.7 Å². The van der Waals surface area contributed by atoms with Crippen molar-refractivity contribution in [2.24, 2.45) is 11.3 Å². The van der Waals surface area contributed by atoms with Crippen LogP contribution < -0.4 is 4.74 Å². The number of hydrogen-bond acceptors (Lipinski definition) is 5. The third-order valence-electron chi connectivity index (χ3n) is 10.7. The summed E-state index contributed by atoms with van der Waals surface area (Å²) in [6.45, 7) is 4.69. The number of likely N-dealkylation sites (tertiary alicyclic amines) is 1. The number of aromatic hydroxyl groups is 1. The molecule has 5 heteroatoms. The van der Waals surface area contributed by atoms with Gasteiger partial charge in [-0.25, -0.2) is 0 Å². The second-order valence-corrected chi connectivity index (χ2v) is 12.0. The van der Waals surface area contributed by atoms with Gasteiger partial charge in [-0.3, -0.25) is 14.8 Å². The fraction of sp³-hybridized carbons (Fsp3) is 0.621. The summed E-state index contributed by atoms with van der Waals surface area (Å²) >= 11 is 0. The largest absolute Gasteiger partial charge is 0.504 e. The van der Waals surface area contributed by atoms with Gasteiger partial charge in [-0.2, -0.15) is 0 Å². The minimum atomic E-state index is 0.0715. The van der Waals surface area contributed by atoms with E-state index in [-0.39, 0.29) is 16.9 Å². The molecule has 5 heterocycles. The number of benzene rings is 1. The standard InChI is InChI=1S/C29H35N3O2/c33-23-7-6-20-17-24-28-10-8-22(31(15-11-28)14-9-21-3-1-2-13-30-21)27-29(28,25(20)26(23)34-27)12-16-32(24)18-19-4-5-19/h1-3,6-7,13,19,22,24,27,33H,4-5,8-12,14-18H2/t22-,24-,27+,28-,29+/m1/s1. The molecule has 4 aliphatic heterocycles. The SMILES string of the molecule is Oc1ccc2c3c1O[C@H]1[C@H]4CC[C@@]5(CCN4CCc4ccccn4)[C@@H](C2)N(CC2CC2)CC[C@]315. The topological polar surface area (TPSA) is 48.8 Å². The first-order chi connectivity index (χ1) is 16.7. The van der Waals surface area contributed by atoms with Gasteiger partial charge in [0.05, 0.1) is 0 Å². The number of fused-ring (bicyclic) bond motifs is 3. The van der Waals surface area contributed by atoms with Crippen LogP contribution in [-0.4, -0.2) is 64.3 Å².